The summed E-state index contributed by atoms with van der Waals surface area (Å²) >= 11 is 0. The minimum absolute atomic E-state index is 0.979. The van der Waals surface area contributed by atoms with Gasteiger partial charge in [-0.1, -0.05) is 12.2 Å². The molecule has 4 rings (SSSR count). The first-order valence-electron chi connectivity index (χ1n) is 7.12. The Morgan fingerprint density at radius 2 is 1.56 bits per heavy atom. The average Bonchev–Trinajstić information content (AvgIpc) is 2.30. The molecule has 3 heterocycles. The largest absolute Gasteiger partial charge is 0.318 e. The molecule has 3 aliphatic heterocycles. The van der Waals surface area contributed by atoms with E-state index in [1.807, 2.05) is 0 Å². The third-order valence-electron chi connectivity index (χ3n) is 5.10. The van der Waals surface area contributed by atoms with Crippen LogP contribution in [-0.4, -0.2) is 54.7 Å². The summed E-state index contributed by atoms with van der Waals surface area (Å²) in [7, 11) is 0. The molecule has 3 fully saturated rings. The maximum atomic E-state index is 2.66. The van der Waals surface area contributed by atoms with Crippen molar-refractivity contribution in [1.29, 1.82) is 0 Å². The molecule has 0 radical (unpaired) electrons. The Hall–Kier alpha value is -0.340. The molecule has 0 amide bonds. The fourth-order valence-corrected chi connectivity index (χ4v) is 3.93. The lowest BCUT2D eigenvalue weighted by Crippen LogP contribution is -2.70. The second-order valence-electron chi connectivity index (χ2n) is 5.86. The van der Waals surface area contributed by atoms with Gasteiger partial charge in [-0.25, -0.2) is 0 Å². The van der Waals surface area contributed by atoms with E-state index in [9.17, 15) is 0 Å². The van der Waals surface area contributed by atoms with E-state index in [1.165, 1.54) is 75.9 Å². The Kier molecular flexibility index (Phi) is 3.03. The number of quaternary nitrogens is 1. The lowest BCUT2D eigenvalue weighted by atomic mass is 9.94. The molecule has 1 unspecified atom stereocenters. The van der Waals surface area contributed by atoms with Crippen molar-refractivity contribution in [3.05, 3.63) is 12.2 Å². The van der Waals surface area contributed by atoms with E-state index in [0.717, 1.165) is 6.04 Å². The van der Waals surface area contributed by atoms with Gasteiger partial charge in [-0.05, 0) is 25.7 Å². The van der Waals surface area contributed by atoms with Gasteiger partial charge in [0.25, 0.3) is 0 Å². The van der Waals surface area contributed by atoms with Gasteiger partial charge >= 0.3 is 0 Å². The quantitative estimate of drug-likeness (QED) is 0.484. The highest BCUT2D eigenvalue weighted by atomic mass is 15.5. The Bertz CT molecular complexity index is 250. The highest BCUT2D eigenvalue weighted by molar-refractivity contribution is 4.86. The van der Waals surface area contributed by atoms with Crippen molar-refractivity contribution in [2.45, 2.75) is 38.1 Å². The Balaban J connectivity index is 1.71. The van der Waals surface area contributed by atoms with Crippen molar-refractivity contribution >= 4 is 0 Å². The van der Waals surface area contributed by atoms with Gasteiger partial charge in [0.1, 0.15) is 0 Å². The van der Waals surface area contributed by atoms with Crippen LogP contribution >= 0.6 is 0 Å². The molecular formula is C14H25N2+. The molecule has 0 spiro atoms. The summed E-state index contributed by atoms with van der Waals surface area (Å²) in [6.07, 6.45) is 11.8. The molecule has 2 nitrogen and oxygen atoms in total. The van der Waals surface area contributed by atoms with Crippen molar-refractivity contribution in [1.82, 2.24) is 4.90 Å². The van der Waals surface area contributed by atoms with Crippen LogP contribution in [0.1, 0.15) is 32.1 Å². The van der Waals surface area contributed by atoms with Crippen LogP contribution in [-0.2, 0) is 0 Å². The molecule has 0 saturated carbocycles. The van der Waals surface area contributed by atoms with Gasteiger partial charge < -0.3 is 4.48 Å². The number of fused-ring (bicyclic) bond motifs is 3. The SMILES string of the molecule is C1=C\CCC([N+]23CCN(CC2)CC3)CCC/1. The second kappa shape index (κ2) is 4.50. The molecule has 0 N–H and O–H groups in total. The summed E-state index contributed by atoms with van der Waals surface area (Å²) in [5.74, 6) is 0. The van der Waals surface area contributed by atoms with Crippen LogP contribution in [0.25, 0.3) is 0 Å². The maximum absolute atomic E-state index is 2.66. The summed E-state index contributed by atoms with van der Waals surface area (Å²) in [5, 5.41) is 0. The zero-order valence-corrected chi connectivity index (χ0v) is 10.4. The minimum Gasteiger partial charge on any atom is -0.318 e. The van der Waals surface area contributed by atoms with Gasteiger partial charge in [0.05, 0.1) is 25.7 Å². The van der Waals surface area contributed by atoms with Crippen LogP contribution in [0.3, 0.4) is 0 Å². The van der Waals surface area contributed by atoms with Gasteiger partial charge in [0.2, 0.25) is 0 Å². The van der Waals surface area contributed by atoms with E-state index in [0.29, 0.717) is 0 Å². The molecule has 1 atom stereocenters. The molecule has 2 heteroatoms. The first kappa shape index (κ1) is 10.8. The molecular weight excluding hydrogens is 196 g/mol. The van der Waals surface area contributed by atoms with Crippen molar-refractivity contribution in [2.75, 3.05) is 39.3 Å². The van der Waals surface area contributed by atoms with E-state index in [-0.39, 0.29) is 0 Å². The summed E-state index contributed by atoms with van der Waals surface area (Å²) in [6.45, 7) is 8.42. The minimum atomic E-state index is 0.979. The second-order valence-corrected chi connectivity index (χ2v) is 5.86. The first-order chi connectivity index (χ1) is 7.89. The van der Waals surface area contributed by atoms with E-state index < -0.39 is 0 Å². The zero-order valence-electron chi connectivity index (χ0n) is 10.4. The van der Waals surface area contributed by atoms with Crippen molar-refractivity contribution < 1.29 is 4.48 Å². The first-order valence-corrected chi connectivity index (χ1v) is 7.12. The maximum Gasteiger partial charge on any atom is 0.0918 e. The topological polar surface area (TPSA) is 3.24 Å². The van der Waals surface area contributed by atoms with E-state index in [4.69, 9.17) is 0 Å². The highest BCUT2D eigenvalue weighted by Crippen LogP contribution is 2.30. The van der Waals surface area contributed by atoms with E-state index in [1.54, 1.807) is 0 Å². The Labute approximate surface area is 99.5 Å². The number of hydrogen-bond acceptors (Lipinski definition) is 1. The number of rotatable bonds is 1. The van der Waals surface area contributed by atoms with E-state index >= 15 is 0 Å². The Morgan fingerprint density at radius 3 is 2.31 bits per heavy atom. The highest BCUT2D eigenvalue weighted by Gasteiger charge is 2.43. The van der Waals surface area contributed by atoms with E-state index in [2.05, 4.69) is 17.1 Å². The molecule has 0 aromatic carbocycles. The Morgan fingerprint density at radius 1 is 0.875 bits per heavy atom. The van der Waals surface area contributed by atoms with Gasteiger partial charge in [-0.15, -0.1) is 0 Å². The summed E-state index contributed by atoms with van der Waals surface area (Å²) < 4.78 is 1.48. The van der Waals surface area contributed by atoms with Crippen molar-refractivity contribution in [2.24, 2.45) is 0 Å². The fourth-order valence-electron chi connectivity index (χ4n) is 3.93. The number of nitrogens with zero attached hydrogens (tertiary/aromatic N) is 2. The fraction of sp³-hybridized carbons (Fsp3) is 0.857. The molecule has 16 heavy (non-hydrogen) atoms. The predicted octanol–water partition coefficient (Wildman–Crippen LogP) is 2.02. The van der Waals surface area contributed by atoms with Crippen LogP contribution in [0.15, 0.2) is 12.2 Å². The normalized spacial score (nSPS) is 46.0. The molecule has 1 aliphatic carbocycles. The lowest BCUT2D eigenvalue weighted by molar-refractivity contribution is -0.964. The summed E-state index contributed by atoms with van der Waals surface area (Å²) in [6, 6.07) is 0.979. The van der Waals surface area contributed by atoms with Crippen molar-refractivity contribution in [3.8, 4) is 0 Å². The number of piperazine rings is 3. The number of allylic oxidation sites excluding steroid dienone is 2. The predicted molar refractivity (Wildman–Crippen MR) is 67.3 cm³/mol. The van der Waals surface area contributed by atoms with Crippen LogP contribution in [0.5, 0.6) is 0 Å². The van der Waals surface area contributed by atoms with Gasteiger partial charge in [0, 0.05) is 26.1 Å². The van der Waals surface area contributed by atoms with Gasteiger partial charge in [0.15, 0.2) is 0 Å². The third kappa shape index (κ3) is 1.93. The third-order valence-corrected chi connectivity index (χ3v) is 5.10. The average molecular weight is 221 g/mol. The van der Waals surface area contributed by atoms with Crippen LogP contribution in [0.4, 0.5) is 0 Å². The molecule has 3 saturated heterocycles. The van der Waals surface area contributed by atoms with Crippen molar-refractivity contribution in [3.63, 3.8) is 0 Å². The van der Waals surface area contributed by atoms with Crippen LogP contribution in [0.2, 0.25) is 0 Å². The van der Waals surface area contributed by atoms with Crippen LogP contribution in [0, 0.1) is 0 Å². The lowest BCUT2D eigenvalue weighted by Gasteiger charge is -2.54. The molecule has 0 aromatic heterocycles. The zero-order chi connectivity index (χ0) is 10.8. The van der Waals surface area contributed by atoms with Crippen LogP contribution < -0.4 is 0 Å². The van der Waals surface area contributed by atoms with Gasteiger partial charge in [-0.3, -0.25) is 4.90 Å². The number of hydrogen-bond donors (Lipinski definition) is 0. The standard InChI is InChI=1S/C14H25N2/c1-2-4-6-14(7-5-3-1)16-11-8-15(9-12-16)10-13-16/h1-2,14H,3-13H2/q+1/b2-1-. The summed E-state index contributed by atoms with van der Waals surface area (Å²) in [5.41, 5.74) is 0. The van der Waals surface area contributed by atoms with Gasteiger partial charge in [-0.2, -0.15) is 0 Å². The monoisotopic (exact) mass is 221 g/mol. The molecule has 4 aliphatic rings. The summed E-state index contributed by atoms with van der Waals surface area (Å²) in [4.78, 5) is 2.66. The molecule has 2 bridgehead atoms. The smallest absolute Gasteiger partial charge is 0.0918 e. The molecule has 90 valence electrons. The molecule has 0 aromatic rings.